The van der Waals surface area contributed by atoms with Gasteiger partial charge in [-0.25, -0.2) is 0 Å². The summed E-state index contributed by atoms with van der Waals surface area (Å²) in [6.07, 6.45) is 0.876. The van der Waals surface area contributed by atoms with Crippen molar-refractivity contribution in [2.24, 2.45) is 11.8 Å². The van der Waals surface area contributed by atoms with E-state index < -0.39 is 11.9 Å². The third kappa shape index (κ3) is 2.97. The molecule has 19 heavy (non-hydrogen) atoms. The molecule has 1 amide bonds. The molecule has 4 nitrogen and oxygen atoms in total. The zero-order chi connectivity index (χ0) is 14.2. The summed E-state index contributed by atoms with van der Waals surface area (Å²) in [6, 6.07) is 1.73. The lowest BCUT2D eigenvalue weighted by Crippen LogP contribution is -2.40. The fraction of sp³-hybridized carbons (Fsp3) is 0.571. The van der Waals surface area contributed by atoms with Crippen LogP contribution in [0.4, 0.5) is 0 Å². The molecule has 4 atom stereocenters. The number of aliphatic carboxylic acids is 1. The van der Waals surface area contributed by atoms with Gasteiger partial charge in [-0.05, 0) is 44.2 Å². The van der Waals surface area contributed by atoms with Crippen LogP contribution in [0.15, 0.2) is 11.4 Å². The second kappa shape index (κ2) is 5.33. The van der Waals surface area contributed by atoms with E-state index in [1.807, 2.05) is 5.38 Å². The Hall–Kier alpha value is -1.36. The van der Waals surface area contributed by atoms with Gasteiger partial charge < -0.3 is 10.4 Å². The molecule has 2 N–H and O–H groups in total. The van der Waals surface area contributed by atoms with E-state index in [2.05, 4.69) is 18.3 Å². The van der Waals surface area contributed by atoms with Gasteiger partial charge in [-0.2, -0.15) is 0 Å². The van der Waals surface area contributed by atoms with Crippen molar-refractivity contribution in [2.75, 3.05) is 0 Å². The molecule has 0 saturated heterocycles. The first-order chi connectivity index (χ1) is 8.91. The highest BCUT2D eigenvalue weighted by Crippen LogP contribution is 2.50. The minimum atomic E-state index is -0.880. The molecule has 1 aliphatic rings. The van der Waals surface area contributed by atoms with E-state index in [1.165, 1.54) is 10.4 Å². The van der Waals surface area contributed by atoms with E-state index in [4.69, 9.17) is 5.11 Å². The number of carboxylic acid groups (broad SMARTS) is 1. The second-order valence-corrected chi connectivity index (χ2v) is 6.29. The first kappa shape index (κ1) is 14.1. The summed E-state index contributed by atoms with van der Waals surface area (Å²) in [5, 5.41) is 13.8. The smallest absolute Gasteiger partial charge is 0.308 e. The van der Waals surface area contributed by atoms with Crippen molar-refractivity contribution >= 4 is 23.2 Å². The Morgan fingerprint density at radius 2 is 2.16 bits per heavy atom. The van der Waals surface area contributed by atoms with Gasteiger partial charge in [-0.15, -0.1) is 11.3 Å². The molecule has 5 heteroatoms. The molecule has 4 unspecified atom stereocenters. The molecule has 0 bridgehead atoms. The summed E-state index contributed by atoms with van der Waals surface area (Å²) in [5.74, 6) is -1.12. The van der Waals surface area contributed by atoms with Gasteiger partial charge in [-0.1, -0.05) is 0 Å². The Balaban J connectivity index is 1.90. The predicted octanol–water partition coefficient (Wildman–Crippen LogP) is 2.39. The molecule has 1 fully saturated rings. The third-order valence-electron chi connectivity index (χ3n) is 3.88. The summed E-state index contributed by atoms with van der Waals surface area (Å²) in [7, 11) is 0. The summed E-state index contributed by atoms with van der Waals surface area (Å²) in [6.45, 7) is 5.42. The highest BCUT2D eigenvalue weighted by atomic mass is 32.1. The molecule has 2 rings (SSSR count). The van der Waals surface area contributed by atoms with E-state index in [9.17, 15) is 9.59 Å². The van der Waals surface area contributed by atoms with E-state index in [0.29, 0.717) is 5.92 Å². The summed E-state index contributed by atoms with van der Waals surface area (Å²) in [4.78, 5) is 24.2. The van der Waals surface area contributed by atoms with Gasteiger partial charge in [0, 0.05) is 22.8 Å². The lowest BCUT2D eigenvalue weighted by Gasteiger charge is -2.17. The summed E-state index contributed by atoms with van der Waals surface area (Å²) >= 11 is 1.70. The maximum Gasteiger partial charge on any atom is 0.308 e. The number of hydrogen-bond donors (Lipinski definition) is 2. The van der Waals surface area contributed by atoms with Crippen molar-refractivity contribution < 1.29 is 14.7 Å². The van der Waals surface area contributed by atoms with Crippen LogP contribution in [-0.4, -0.2) is 23.0 Å². The monoisotopic (exact) mass is 281 g/mol. The molecular weight excluding hydrogens is 262 g/mol. The molecule has 1 saturated carbocycles. The number of amides is 1. The minimum absolute atomic E-state index is 0.0146. The second-order valence-electron chi connectivity index (χ2n) is 5.34. The quantitative estimate of drug-likeness (QED) is 0.871. The molecule has 1 aromatic rings. The fourth-order valence-electron chi connectivity index (χ4n) is 2.21. The van der Waals surface area contributed by atoms with Crippen molar-refractivity contribution in [3.05, 3.63) is 21.9 Å². The standard InChI is InChI=1S/C14H19NO3S/c1-7-4-5-19-12(7)10-6-11(10)13(16)15-9(3)8(2)14(17)18/h4-5,8-11H,6H2,1-3H3,(H,15,16)(H,17,18). The highest BCUT2D eigenvalue weighted by Gasteiger charge is 2.45. The summed E-state index contributed by atoms with van der Waals surface area (Å²) in [5.41, 5.74) is 1.25. The van der Waals surface area contributed by atoms with Crippen LogP contribution in [0.1, 0.15) is 36.6 Å². The molecular formula is C14H19NO3S. The maximum atomic E-state index is 12.1. The van der Waals surface area contributed by atoms with Gasteiger partial charge in [0.05, 0.1) is 5.92 Å². The van der Waals surface area contributed by atoms with E-state index in [1.54, 1.807) is 25.2 Å². The van der Waals surface area contributed by atoms with Crippen molar-refractivity contribution in [2.45, 2.75) is 39.2 Å². The van der Waals surface area contributed by atoms with Crippen LogP contribution >= 0.6 is 11.3 Å². The first-order valence-corrected chi connectivity index (χ1v) is 7.37. The molecule has 0 aromatic carbocycles. The van der Waals surface area contributed by atoms with Gasteiger partial charge in [0.2, 0.25) is 5.91 Å². The zero-order valence-corrected chi connectivity index (χ0v) is 12.2. The van der Waals surface area contributed by atoms with Crippen molar-refractivity contribution in [3.8, 4) is 0 Å². The Morgan fingerprint density at radius 1 is 1.47 bits per heavy atom. The average Bonchev–Trinajstić information content (AvgIpc) is 3.03. The summed E-state index contributed by atoms with van der Waals surface area (Å²) < 4.78 is 0. The Bertz CT molecular complexity index is 497. The number of rotatable bonds is 5. The van der Waals surface area contributed by atoms with Crippen LogP contribution in [-0.2, 0) is 9.59 Å². The molecule has 1 heterocycles. The normalized spacial score (nSPS) is 24.6. The number of thiophene rings is 1. The number of carbonyl (C=O) groups excluding carboxylic acids is 1. The average molecular weight is 281 g/mol. The Labute approximate surface area is 116 Å². The fourth-order valence-corrected chi connectivity index (χ4v) is 3.32. The number of carbonyl (C=O) groups is 2. The van der Waals surface area contributed by atoms with Gasteiger partial charge >= 0.3 is 5.97 Å². The van der Waals surface area contributed by atoms with Crippen LogP contribution < -0.4 is 5.32 Å². The van der Waals surface area contributed by atoms with E-state index >= 15 is 0 Å². The van der Waals surface area contributed by atoms with Gasteiger partial charge in [0.25, 0.3) is 0 Å². The SMILES string of the molecule is Cc1ccsc1C1CC1C(=O)NC(C)C(C)C(=O)O. The molecule has 0 radical (unpaired) electrons. The molecule has 1 aliphatic carbocycles. The number of aryl methyl sites for hydroxylation is 1. The minimum Gasteiger partial charge on any atom is -0.481 e. The van der Waals surface area contributed by atoms with Gasteiger partial charge in [0.15, 0.2) is 0 Å². The first-order valence-electron chi connectivity index (χ1n) is 6.49. The Kier molecular flexibility index (Phi) is 3.94. The van der Waals surface area contributed by atoms with Crippen LogP contribution in [0.3, 0.4) is 0 Å². The zero-order valence-electron chi connectivity index (χ0n) is 11.3. The predicted molar refractivity (Wildman–Crippen MR) is 74.3 cm³/mol. The van der Waals surface area contributed by atoms with Crippen molar-refractivity contribution in [3.63, 3.8) is 0 Å². The van der Waals surface area contributed by atoms with Crippen LogP contribution in [0.2, 0.25) is 0 Å². The van der Waals surface area contributed by atoms with Crippen LogP contribution in [0.5, 0.6) is 0 Å². The number of nitrogens with one attached hydrogen (secondary N) is 1. The van der Waals surface area contributed by atoms with Crippen molar-refractivity contribution in [1.82, 2.24) is 5.32 Å². The van der Waals surface area contributed by atoms with Crippen LogP contribution in [0, 0.1) is 18.8 Å². The van der Waals surface area contributed by atoms with Crippen LogP contribution in [0.25, 0.3) is 0 Å². The third-order valence-corrected chi connectivity index (χ3v) is 5.03. The number of carboxylic acids is 1. The van der Waals surface area contributed by atoms with Gasteiger partial charge in [-0.3, -0.25) is 9.59 Å². The molecule has 0 spiro atoms. The molecule has 0 aliphatic heterocycles. The molecule has 104 valence electrons. The number of hydrogen-bond acceptors (Lipinski definition) is 3. The Morgan fingerprint density at radius 3 is 2.68 bits per heavy atom. The largest absolute Gasteiger partial charge is 0.481 e. The lowest BCUT2D eigenvalue weighted by molar-refractivity contribution is -0.142. The maximum absolute atomic E-state index is 12.1. The lowest BCUT2D eigenvalue weighted by atomic mass is 10.0. The molecule has 1 aromatic heterocycles. The van der Waals surface area contributed by atoms with Crippen molar-refractivity contribution in [1.29, 1.82) is 0 Å². The topological polar surface area (TPSA) is 66.4 Å². The van der Waals surface area contributed by atoms with Gasteiger partial charge in [0.1, 0.15) is 0 Å². The van der Waals surface area contributed by atoms with E-state index in [0.717, 1.165) is 6.42 Å². The van der Waals surface area contributed by atoms with E-state index in [-0.39, 0.29) is 17.9 Å². The highest BCUT2D eigenvalue weighted by molar-refractivity contribution is 7.10.